The lowest BCUT2D eigenvalue weighted by Gasteiger charge is -2.14. The maximum Gasteiger partial charge on any atom is 0.335 e. The van der Waals surface area contributed by atoms with Crippen LogP contribution in [0.15, 0.2) is 78.4 Å². The van der Waals surface area contributed by atoms with E-state index in [2.05, 4.69) is 5.43 Å². The lowest BCUT2D eigenvalue weighted by atomic mass is 10.1. The Hall–Kier alpha value is -4.99. The van der Waals surface area contributed by atoms with Crippen molar-refractivity contribution in [1.82, 2.24) is 5.43 Å². The highest BCUT2D eigenvalue weighted by Gasteiger charge is 2.35. The summed E-state index contributed by atoms with van der Waals surface area (Å²) in [7, 11) is 0. The first-order chi connectivity index (χ1) is 16.3. The Kier molecular flexibility index (Phi) is 6.04. The molecule has 3 aromatic carbocycles. The first-order valence-electron chi connectivity index (χ1n) is 10.00. The van der Waals surface area contributed by atoms with Crippen molar-refractivity contribution in [3.8, 4) is 5.75 Å². The second kappa shape index (κ2) is 9.25. The predicted octanol–water partition coefficient (Wildman–Crippen LogP) is 3.33. The van der Waals surface area contributed by atoms with Crippen LogP contribution in [0.4, 0.5) is 11.4 Å². The second-order valence-corrected chi connectivity index (χ2v) is 7.22. The SMILES string of the molecule is O=C1NN(c2ccccc2)C(=O)/C1=C\c1cccc([N+](=O)[O-])c1OCc1ccc(C(=O)O)cc1. The number of carboxylic acid groups (broad SMARTS) is 1. The van der Waals surface area contributed by atoms with Crippen LogP contribution in [0.25, 0.3) is 6.08 Å². The van der Waals surface area contributed by atoms with E-state index in [1.165, 1.54) is 48.5 Å². The number of carbonyl (C=O) groups is 3. The summed E-state index contributed by atoms with van der Waals surface area (Å²) in [6, 6.07) is 18.5. The summed E-state index contributed by atoms with van der Waals surface area (Å²) in [6.45, 7) is -0.1000. The molecule has 0 aromatic heterocycles. The van der Waals surface area contributed by atoms with Crippen molar-refractivity contribution in [3.05, 3.63) is 105 Å². The Morgan fingerprint density at radius 2 is 1.74 bits per heavy atom. The largest absolute Gasteiger partial charge is 0.482 e. The van der Waals surface area contributed by atoms with Crippen molar-refractivity contribution in [2.75, 3.05) is 5.01 Å². The van der Waals surface area contributed by atoms with Crippen LogP contribution in [0.3, 0.4) is 0 Å². The maximum atomic E-state index is 12.9. The number of aromatic carboxylic acids is 1. The van der Waals surface area contributed by atoms with Gasteiger partial charge in [-0.3, -0.25) is 25.1 Å². The van der Waals surface area contributed by atoms with Gasteiger partial charge < -0.3 is 9.84 Å². The van der Waals surface area contributed by atoms with Gasteiger partial charge in [0.25, 0.3) is 11.8 Å². The highest BCUT2D eigenvalue weighted by molar-refractivity contribution is 6.31. The van der Waals surface area contributed by atoms with Gasteiger partial charge in [-0.25, -0.2) is 9.80 Å². The average Bonchev–Trinajstić information content (AvgIpc) is 3.12. The summed E-state index contributed by atoms with van der Waals surface area (Å²) in [4.78, 5) is 47.4. The van der Waals surface area contributed by atoms with E-state index in [1.807, 2.05) is 0 Å². The Balaban J connectivity index is 1.65. The van der Waals surface area contributed by atoms with Gasteiger partial charge in [-0.2, -0.15) is 0 Å². The Labute approximate surface area is 192 Å². The van der Waals surface area contributed by atoms with E-state index in [-0.39, 0.29) is 34.7 Å². The molecule has 2 N–H and O–H groups in total. The van der Waals surface area contributed by atoms with Crippen LogP contribution >= 0.6 is 0 Å². The third-order valence-electron chi connectivity index (χ3n) is 5.01. The summed E-state index contributed by atoms with van der Waals surface area (Å²) < 4.78 is 5.72. The number of nitro benzene ring substituents is 1. The van der Waals surface area contributed by atoms with Gasteiger partial charge in [-0.15, -0.1) is 0 Å². The van der Waals surface area contributed by atoms with Gasteiger partial charge in [-0.05, 0) is 35.9 Å². The number of rotatable bonds is 7. The van der Waals surface area contributed by atoms with Gasteiger partial charge in [0.15, 0.2) is 0 Å². The van der Waals surface area contributed by atoms with Gasteiger partial charge in [0.05, 0.1) is 16.2 Å². The van der Waals surface area contributed by atoms with E-state index in [4.69, 9.17) is 9.84 Å². The van der Waals surface area contributed by atoms with E-state index in [1.54, 1.807) is 30.3 Å². The third-order valence-corrected chi connectivity index (χ3v) is 5.01. The van der Waals surface area contributed by atoms with Gasteiger partial charge in [0, 0.05) is 11.6 Å². The van der Waals surface area contributed by atoms with E-state index < -0.39 is 22.7 Å². The number of anilines is 1. The molecule has 1 fully saturated rings. The number of nitrogens with zero attached hydrogens (tertiary/aromatic N) is 2. The summed E-state index contributed by atoms with van der Waals surface area (Å²) in [6.07, 6.45) is 1.25. The number of nitro groups is 1. The van der Waals surface area contributed by atoms with Crippen molar-refractivity contribution < 1.29 is 29.2 Å². The number of benzene rings is 3. The molecule has 0 unspecified atom stereocenters. The van der Waals surface area contributed by atoms with E-state index >= 15 is 0 Å². The molecule has 0 aliphatic carbocycles. The summed E-state index contributed by atoms with van der Waals surface area (Å²) in [5.74, 6) is -2.47. The number of hydrogen-bond donors (Lipinski definition) is 2. The number of hydrogen-bond acceptors (Lipinski definition) is 6. The number of carboxylic acids is 1. The minimum absolute atomic E-state index is 0.0913. The summed E-state index contributed by atoms with van der Waals surface area (Å²) >= 11 is 0. The second-order valence-electron chi connectivity index (χ2n) is 7.22. The van der Waals surface area contributed by atoms with Crippen molar-refractivity contribution in [2.24, 2.45) is 0 Å². The molecule has 34 heavy (non-hydrogen) atoms. The molecule has 170 valence electrons. The number of nitrogens with one attached hydrogen (secondary N) is 1. The standard InChI is InChI=1S/C24H17N3O7/c28-22-19(23(29)26(25-22)18-6-2-1-3-7-18)13-17-5-4-8-20(27(32)33)21(17)34-14-15-9-11-16(12-10-15)24(30)31/h1-13H,14H2,(H,25,28)(H,30,31)/b19-13-. The number of hydrazine groups is 1. The molecule has 1 aliphatic rings. The van der Waals surface area contributed by atoms with Crippen LogP contribution in [0.1, 0.15) is 21.5 Å². The average molecular weight is 459 g/mol. The zero-order valence-corrected chi connectivity index (χ0v) is 17.5. The third kappa shape index (κ3) is 4.46. The van der Waals surface area contributed by atoms with E-state index in [0.29, 0.717) is 11.3 Å². The maximum absolute atomic E-state index is 12.9. The van der Waals surface area contributed by atoms with E-state index in [0.717, 1.165) is 5.01 Å². The van der Waals surface area contributed by atoms with Crippen molar-refractivity contribution >= 4 is 35.2 Å². The first kappa shape index (κ1) is 22.2. The van der Waals surface area contributed by atoms with Crippen LogP contribution in [0.2, 0.25) is 0 Å². The van der Waals surface area contributed by atoms with Crippen LogP contribution in [0.5, 0.6) is 5.75 Å². The molecule has 1 aliphatic heterocycles. The molecule has 1 saturated heterocycles. The molecule has 0 radical (unpaired) electrons. The van der Waals surface area contributed by atoms with Crippen molar-refractivity contribution in [3.63, 3.8) is 0 Å². The van der Waals surface area contributed by atoms with E-state index in [9.17, 15) is 24.5 Å². The molecule has 1 heterocycles. The van der Waals surface area contributed by atoms with Gasteiger partial charge in [0.1, 0.15) is 12.2 Å². The molecule has 0 bridgehead atoms. The molecule has 0 spiro atoms. The smallest absolute Gasteiger partial charge is 0.335 e. The molecule has 10 nitrogen and oxygen atoms in total. The van der Waals surface area contributed by atoms with Gasteiger partial charge >= 0.3 is 11.7 Å². The fourth-order valence-corrected chi connectivity index (χ4v) is 3.33. The molecular formula is C24H17N3O7. The van der Waals surface area contributed by atoms with Crippen LogP contribution in [0, 0.1) is 10.1 Å². The topological polar surface area (TPSA) is 139 Å². The molecular weight excluding hydrogens is 442 g/mol. The summed E-state index contributed by atoms with van der Waals surface area (Å²) in [5.41, 5.74) is 3.22. The molecule has 0 atom stereocenters. The minimum atomic E-state index is -1.08. The number of para-hydroxylation sites is 2. The monoisotopic (exact) mass is 459 g/mol. The number of ether oxygens (including phenoxy) is 1. The van der Waals surface area contributed by atoms with Gasteiger partial charge in [-0.1, -0.05) is 42.5 Å². The van der Waals surface area contributed by atoms with Gasteiger partial charge in [0.2, 0.25) is 5.75 Å². The quantitative estimate of drug-likeness (QED) is 0.239. The zero-order chi connectivity index (χ0) is 24.2. The van der Waals surface area contributed by atoms with Crippen molar-refractivity contribution in [1.29, 1.82) is 0 Å². The normalized spacial score (nSPS) is 14.2. The lowest BCUT2D eigenvalue weighted by molar-refractivity contribution is -0.386. The minimum Gasteiger partial charge on any atom is -0.482 e. The zero-order valence-electron chi connectivity index (χ0n) is 17.5. The fraction of sp³-hybridized carbons (Fsp3) is 0.0417. The lowest BCUT2D eigenvalue weighted by Crippen LogP contribution is -2.35. The molecule has 10 heteroatoms. The number of carbonyl (C=O) groups excluding carboxylic acids is 2. The van der Waals surface area contributed by atoms with Crippen molar-refractivity contribution in [2.45, 2.75) is 6.61 Å². The highest BCUT2D eigenvalue weighted by atomic mass is 16.6. The molecule has 4 rings (SSSR count). The Morgan fingerprint density at radius 1 is 1.03 bits per heavy atom. The molecule has 2 amide bonds. The molecule has 0 saturated carbocycles. The van der Waals surface area contributed by atoms with Crippen LogP contribution in [-0.4, -0.2) is 27.8 Å². The molecule has 3 aromatic rings. The summed E-state index contributed by atoms with van der Waals surface area (Å²) in [5, 5.41) is 21.7. The first-order valence-corrected chi connectivity index (χ1v) is 10.00. The Bertz CT molecular complexity index is 1320. The fourth-order valence-electron chi connectivity index (χ4n) is 3.33. The van der Waals surface area contributed by atoms with Crippen LogP contribution in [-0.2, 0) is 16.2 Å². The number of amides is 2. The highest BCUT2D eigenvalue weighted by Crippen LogP contribution is 2.34. The Morgan fingerprint density at radius 3 is 2.38 bits per heavy atom. The predicted molar refractivity (Wildman–Crippen MR) is 121 cm³/mol. The van der Waals surface area contributed by atoms with Crippen LogP contribution < -0.4 is 15.2 Å².